The first-order valence-corrected chi connectivity index (χ1v) is 11.5. The number of nitrogens with zero attached hydrogens (tertiary/aromatic N) is 1. The quantitative estimate of drug-likeness (QED) is 0.592. The van der Waals surface area contributed by atoms with Gasteiger partial charge in [-0.1, -0.05) is 24.3 Å². The van der Waals surface area contributed by atoms with E-state index in [1.54, 1.807) is 16.3 Å². The summed E-state index contributed by atoms with van der Waals surface area (Å²) in [5, 5.41) is 1.68. The summed E-state index contributed by atoms with van der Waals surface area (Å²) in [4.78, 5) is 26.3. The number of ether oxygens (including phenoxy) is 1. The molecule has 2 aromatic carbocycles. The van der Waals surface area contributed by atoms with Crippen molar-refractivity contribution in [3.63, 3.8) is 0 Å². The van der Waals surface area contributed by atoms with Crippen LogP contribution in [0.25, 0.3) is 0 Å². The second-order valence-electron chi connectivity index (χ2n) is 6.62. The van der Waals surface area contributed by atoms with E-state index in [-0.39, 0.29) is 22.3 Å². The number of carbonyl (C=O) groups excluding carboxylic acids is 2. The van der Waals surface area contributed by atoms with Gasteiger partial charge in [-0.15, -0.1) is 11.3 Å². The predicted octanol–water partition coefficient (Wildman–Crippen LogP) is 3.30. The summed E-state index contributed by atoms with van der Waals surface area (Å²) in [5.41, 5.74) is 2.49. The maximum atomic E-state index is 12.4. The molecule has 1 amide bonds. The van der Waals surface area contributed by atoms with Crippen molar-refractivity contribution in [2.45, 2.75) is 10.6 Å². The first-order chi connectivity index (χ1) is 14.4. The van der Waals surface area contributed by atoms with Crippen LogP contribution in [0.15, 0.2) is 70.3 Å². The Morgan fingerprint density at radius 3 is 2.53 bits per heavy atom. The molecule has 1 aromatic heterocycles. The maximum absolute atomic E-state index is 12.4. The number of amides is 1. The second-order valence-corrected chi connectivity index (χ2v) is 9.47. The minimum atomic E-state index is -3.66. The summed E-state index contributed by atoms with van der Waals surface area (Å²) in [7, 11) is -3.66. The highest BCUT2D eigenvalue weighted by molar-refractivity contribution is 7.94. The number of sulfonamides is 1. The lowest BCUT2D eigenvalue weighted by Crippen LogP contribution is -2.33. The van der Waals surface area contributed by atoms with Crippen molar-refractivity contribution in [2.24, 2.45) is 0 Å². The van der Waals surface area contributed by atoms with Crippen LogP contribution in [0.1, 0.15) is 15.9 Å². The van der Waals surface area contributed by atoms with Crippen LogP contribution in [0, 0.1) is 0 Å². The molecule has 9 heteroatoms. The van der Waals surface area contributed by atoms with Crippen molar-refractivity contribution in [3.05, 3.63) is 77.2 Å². The SMILES string of the molecule is O=C(OCC(=O)N1CCc2ccccc21)c1ccc(NS(=O)(=O)c2cccs2)cc1. The van der Waals surface area contributed by atoms with Crippen LogP contribution in [0.4, 0.5) is 11.4 Å². The molecular formula is C21H18N2O5S2. The Morgan fingerprint density at radius 1 is 1.03 bits per heavy atom. The fraction of sp³-hybridized carbons (Fsp3) is 0.143. The number of para-hydroxylation sites is 1. The fourth-order valence-corrected chi connectivity index (χ4v) is 5.23. The molecule has 1 aliphatic rings. The molecule has 3 aromatic rings. The number of esters is 1. The molecule has 0 atom stereocenters. The lowest BCUT2D eigenvalue weighted by Gasteiger charge is -2.17. The van der Waals surface area contributed by atoms with Gasteiger partial charge in [-0.2, -0.15) is 0 Å². The van der Waals surface area contributed by atoms with Gasteiger partial charge < -0.3 is 9.64 Å². The topological polar surface area (TPSA) is 92.8 Å². The Balaban J connectivity index is 1.35. The predicted molar refractivity (Wildman–Crippen MR) is 114 cm³/mol. The van der Waals surface area contributed by atoms with Gasteiger partial charge in [-0.3, -0.25) is 9.52 Å². The van der Waals surface area contributed by atoms with E-state index in [1.165, 1.54) is 30.3 Å². The van der Waals surface area contributed by atoms with Crippen LogP contribution in [0.5, 0.6) is 0 Å². The van der Waals surface area contributed by atoms with Gasteiger partial charge in [0.15, 0.2) is 6.61 Å². The second kappa shape index (κ2) is 8.29. The molecule has 0 aliphatic carbocycles. The van der Waals surface area contributed by atoms with Crippen LogP contribution in [-0.2, 0) is 26.0 Å². The van der Waals surface area contributed by atoms with Crippen molar-refractivity contribution in [1.82, 2.24) is 0 Å². The van der Waals surface area contributed by atoms with E-state index in [4.69, 9.17) is 4.74 Å². The standard InChI is InChI=1S/C21H18N2O5S2/c24-19(23-12-11-15-4-1-2-5-18(15)23)14-28-21(25)16-7-9-17(10-8-16)22-30(26,27)20-6-3-13-29-20/h1-10,13,22H,11-12,14H2. The summed E-state index contributed by atoms with van der Waals surface area (Å²) in [6, 6.07) is 16.6. The van der Waals surface area contributed by atoms with Gasteiger partial charge in [-0.05, 0) is 53.8 Å². The molecule has 0 saturated carbocycles. The highest BCUT2D eigenvalue weighted by Gasteiger charge is 2.25. The minimum Gasteiger partial charge on any atom is -0.452 e. The van der Waals surface area contributed by atoms with Gasteiger partial charge in [0.25, 0.3) is 15.9 Å². The highest BCUT2D eigenvalue weighted by Crippen LogP contribution is 2.27. The molecular weight excluding hydrogens is 424 g/mol. The average Bonchev–Trinajstić information content (AvgIpc) is 3.42. The highest BCUT2D eigenvalue weighted by atomic mass is 32.2. The zero-order valence-corrected chi connectivity index (χ0v) is 17.4. The van der Waals surface area contributed by atoms with Crippen molar-refractivity contribution in [2.75, 3.05) is 22.8 Å². The minimum absolute atomic E-state index is 0.202. The molecule has 0 saturated heterocycles. The number of benzene rings is 2. The van der Waals surface area contributed by atoms with Gasteiger partial charge in [0, 0.05) is 17.9 Å². The Bertz CT molecular complexity index is 1170. The number of hydrogen-bond donors (Lipinski definition) is 1. The van der Waals surface area contributed by atoms with Crippen LogP contribution in [0.3, 0.4) is 0 Å². The van der Waals surface area contributed by atoms with Crippen molar-refractivity contribution in [3.8, 4) is 0 Å². The van der Waals surface area contributed by atoms with Gasteiger partial charge >= 0.3 is 5.97 Å². The van der Waals surface area contributed by atoms with Crippen LogP contribution >= 0.6 is 11.3 Å². The molecule has 1 aliphatic heterocycles. The Kier molecular flexibility index (Phi) is 5.56. The van der Waals surface area contributed by atoms with Crippen LogP contribution < -0.4 is 9.62 Å². The Hall–Kier alpha value is -3.17. The molecule has 1 N–H and O–H groups in total. The number of hydrogen-bond acceptors (Lipinski definition) is 6. The third-order valence-corrected chi connectivity index (χ3v) is 7.43. The van der Waals surface area contributed by atoms with E-state index in [0.29, 0.717) is 12.2 Å². The van der Waals surface area contributed by atoms with E-state index in [2.05, 4.69) is 4.72 Å². The zero-order chi connectivity index (χ0) is 21.1. The number of carbonyl (C=O) groups is 2. The maximum Gasteiger partial charge on any atom is 0.338 e. The van der Waals surface area contributed by atoms with Crippen LogP contribution in [0.2, 0.25) is 0 Å². The van der Waals surface area contributed by atoms with Gasteiger partial charge in [0.05, 0.1) is 5.56 Å². The van der Waals surface area contributed by atoms with Crippen molar-refractivity contribution >= 4 is 44.6 Å². The number of nitrogens with one attached hydrogen (secondary N) is 1. The molecule has 0 spiro atoms. The zero-order valence-electron chi connectivity index (χ0n) is 15.8. The lowest BCUT2D eigenvalue weighted by molar-refractivity contribution is -0.121. The Labute approximate surface area is 178 Å². The summed E-state index contributed by atoms with van der Waals surface area (Å²) in [6.07, 6.45) is 0.776. The summed E-state index contributed by atoms with van der Waals surface area (Å²) >= 11 is 1.11. The molecule has 0 bridgehead atoms. The number of anilines is 2. The van der Waals surface area contributed by atoms with E-state index in [0.717, 1.165) is 29.0 Å². The summed E-state index contributed by atoms with van der Waals surface area (Å²) < 4.78 is 32.3. The van der Waals surface area contributed by atoms with Crippen LogP contribution in [-0.4, -0.2) is 33.4 Å². The molecule has 0 fully saturated rings. The van der Waals surface area contributed by atoms with E-state index in [9.17, 15) is 18.0 Å². The average molecular weight is 443 g/mol. The largest absolute Gasteiger partial charge is 0.452 e. The molecule has 2 heterocycles. The molecule has 30 heavy (non-hydrogen) atoms. The van der Waals surface area contributed by atoms with E-state index in [1.807, 2.05) is 24.3 Å². The molecule has 7 nitrogen and oxygen atoms in total. The smallest absolute Gasteiger partial charge is 0.338 e. The monoisotopic (exact) mass is 442 g/mol. The number of rotatable bonds is 6. The molecule has 154 valence electrons. The van der Waals surface area contributed by atoms with E-state index >= 15 is 0 Å². The number of fused-ring (bicyclic) bond motifs is 1. The van der Waals surface area contributed by atoms with Gasteiger partial charge in [0.2, 0.25) is 0 Å². The van der Waals surface area contributed by atoms with E-state index < -0.39 is 16.0 Å². The Morgan fingerprint density at radius 2 is 1.80 bits per heavy atom. The molecule has 4 rings (SSSR count). The fourth-order valence-electron chi connectivity index (χ4n) is 3.18. The van der Waals surface area contributed by atoms with Gasteiger partial charge in [-0.25, -0.2) is 13.2 Å². The van der Waals surface area contributed by atoms with Gasteiger partial charge in [0.1, 0.15) is 4.21 Å². The lowest BCUT2D eigenvalue weighted by atomic mass is 10.2. The first kappa shape index (κ1) is 20.1. The number of thiophene rings is 1. The third kappa shape index (κ3) is 4.22. The summed E-state index contributed by atoms with van der Waals surface area (Å²) in [6.45, 7) is 0.203. The van der Waals surface area contributed by atoms with Crippen molar-refractivity contribution in [1.29, 1.82) is 0 Å². The molecule has 0 radical (unpaired) electrons. The van der Waals surface area contributed by atoms with Crippen molar-refractivity contribution < 1.29 is 22.7 Å². The third-order valence-electron chi connectivity index (χ3n) is 4.65. The molecule has 0 unspecified atom stereocenters. The summed E-state index contributed by atoms with van der Waals surface area (Å²) in [5.74, 6) is -0.933. The normalized spacial score (nSPS) is 13.0. The first-order valence-electron chi connectivity index (χ1n) is 9.16.